The van der Waals surface area contributed by atoms with E-state index in [1.165, 1.54) is 0 Å². The molecule has 0 unspecified atom stereocenters. The van der Waals surface area contributed by atoms with Crippen molar-refractivity contribution in [3.8, 4) is 0 Å². The van der Waals surface area contributed by atoms with Gasteiger partial charge in [0.15, 0.2) is 0 Å². The lowest BCUT2D eigenvalue weighted by atomic mass is 9.94. The molecule has 1 aliphatic carbocycles. The quantitative estimate of drug-likeness (QED) is 0.828. The molecule has 2 aromatic rings. The zero-order chi connectivity index (χ0) is 13.8. The van der Waals surface area contributed by atoms with Crippen LogP contribution in [0.5, 0.6) is 0 Å². The Balaban J connectivity index is 1.45. The van der Waals surface area contributed by atoms with Gasteiger partial charge in [0, 0.05) is 12.6 Å². The third-order valence-electron chi connectivity index (χ3n) is 3.73. The summed E-state index contributed by atoms with van der Waals surface area (Å²) in [5.74, 6) is 0.894. The molecule has 2 heterocycles. The van der Waals surface area contributed by atoms with Crippen molar-refractivity contribution in [2.24, 2.45) is 5.73 Å². The first-order chi connectivity index (χ1) is 9.83. The van der Waals surface area contributed by atoms with Gasteiger partial charge in [-0.1, -0.05) is 0 Å². The molecule has 0 aliphatic heterocycles. The van der Waals surface area contributed by atoms with E-state index in [2.05, 4.69) is 15.3 Å². The molecule has 1 aliphatic rings. The van der Waals surface area contributed by atoms with E-state index in [0.717, 1.165) is 48.3 Å². The minimum atomic E-state index is 0.376. The van der Waals surface area contributed by atoms with Gasteiger partial charge in [0.05, 0.1) is 18.1 Å². The Morgan fingerprint density at radius 1 is 1.30 bits per heavy atom. The van der Waals surface area contributed by atoms with E-state index in [1.807, 2.05) is 11.4 Å². The van der Waals surface area contributed by atoms with Gasteiger partial charge in [-0.3, -0.25) is 0 Å². The van der Waals surface area contributed by atoms with Crippen molar-refractivity contribution in [2.75, 3.05) is 18.5 Å². The summed E-state index contributed by atoms with van der Waals surface area (Å²) in [5.41, 5.74) is 5.89. The van der Waals surface area contributed by atoms with Crippen LogP contribution in [0.25, 0.3) is 10.2 Å². The molecule has 1 fully saturated rings. The molecule has 0 atom stereocenters. The van der Waals surface area contributed by atoms with Gasteiger partial charge < -0.3 is 15.8 Å². The molecule has 3 N–H and O–H groups in total. The van der Waals surface area contributed by atoms with Gasteiger partial charge >= 0.3 is 0 Å². The predicted octanol–water partition coefficient (Wildman–Crippen LogP) is 2.39. The van der Waals surface area contributed by atoms with E-state index >= 15 is 0 Å². The standard InChI is InChI=1S/C14H20N4OS/c15-10-1-3-11(4-2-10)19-7-6-16-13-12-5-8-20-14(12)18-9-17-13/h5,8-11H,1-4,6-7,15H2,(H,16,17,18). The summed E-state index contributed by atoms with van der Waals surface area (Å²) in [6, 6.07) is 2.42. The highest BCUT2D eigenvalue weighted by Crippen LogP contribution is 2.23. The summed E-state index contributed by atoms with van der Waals surface area (Å²) in [6.45, 7) is 1.47. The monoisotopic (exact) mass is 292 g/mol. The summed E-state index contributed by atoms with van der Waals surface area (Å²) in [6.07, 6.45) is 6.32. The smallest absolute Gasteiger partial charge is 0.138 e. The van der Waals surface area contributed by atoms with Gasteiger partial charge in [-0.15, -0.1) is 11.3 Å². The van der Waals surface area contributed by atoms with Crippen LogP contribution in [0, 0.1) is 0 Å². The molecule has 0 saturated heterocycles. The highest BCUT2D eigenvalue weighted by Gasteiger charge is 2.18. The summed E-state index contributed by atoms with van der Waals surface area (Å²) in [5, 5.41) is 6.45. The van der Waals surface area contributed by atoms with Crippen LogP contribution in [0.1, 0.15) is 25.7 Å². The van der Waals surface area contributed by atoms with Crippen LogP contribution in [0.15, 0.2) is 17.8 Å². The SMILES string of the molecule is NC1CCC(OCCNc2ncnc3sccc23)CC1. The zero-order valence-corrected chi connectivity index (χ0v) is 12.2. The van der Waals surface area contributed by atoms with Crippen LogP contribution in [0.4, 0.5) is 5.82 Å². The number of nitrogens with one attached hydrogen (secondary N) is 1. The van der Waals surface area contributed by atoms with E-state index in [4.69, 9.17) is 10.5 Å². The van der Waals surface area contributed by atoms with Crippen LogP contribution in [-0.4, -0.2) is 35.3 Å². The number of hydrogen-bond donors (Lipinski definition) is 2. The number of ether oxygens (including phenoxy) is 1. The van der Waals surface area contributed by atoms with Gasteiger partial charge in [0.2, 0.25) is 0 Å². The fourth-order valence-electron chi connectivity index (χ4n) is 2.58. The summed E-state index contributed by atoms with van der Waals surface area (Å²) >= 11 is 1.63. The highest BCUT2D eigenvalue weighted by atomic mass is 32.1. The van der Waals surface area contributed by atoms with Crippen molar-refractivity contribution < 1.29 is 4.74 Å². The van der Waals surface area contributed by atoms with E-state index in [9.17, 15) is 0 Å². The van der Waals surface area contributed by atoms with Gasteiger partial charge in [-0.25, -0.2) is 9.97 Å². The maximum absolute atomic E-state index is 5.89. The largest absolute Gasteiger partial charge is 0.376 e. The number of nitrogens with two attached hydrogens (primary N) is 1. The van der Waals surface area contributed by atoms with E-state index < -0.39 is 0 Å². The highest BCUT2D eigenvalue weighted by molar-refractivity contribution is 7.16. The average molecular weight is 292 g/mol. The number of fused-ring (bicyclic) bond motifs is 1. The van der Waals surface area contributed by atoms with E-state index in [0.29, 0.717) is 18.8 Å². The minimum Gasteiger partial charge on any atom is -0.376 e. The van der Waals surface area contributed by atoms with Crippen LogP contribution in [0.2, 0.25) is 0 Å². The van der Waals surface area contributed by atoms with Crippen molar-refractivity contribution in [3.05, 3.63) is 17.8 Å². The van der Waals surface area contributed by atoms with Gasteiger partial charge in [-0.2, -0.15) is 0 Å². The van der Waals surface area contributed by atoms with Crippen LogP contribution < -0.4 is 11.1 Å². The topological polar surface area (TPSA) is 73.1 Å². The van der Waals surface area contributed by atoms with Crippen LogP contribution in [0.3, 0.4) is 0 Å². The maximum atomic E-state index is 5.89. The van der Waals surface area contributed by atoms with E-state index in [1.54, 1.807) is 17.7 Å². The second-order valence-corrected chi connectivity index (χ2v) is 6.09. The number of hydrogen-bond acceptors (Lipinski definition) is 6. The normalized spacial score (nSPS) is 23.1. The number of nitrogens with zero attached hydrogens (tertiary/aromatic N) is 2. The molecular weight excluding hydrogens is 272 g/mol. The summed E-state index contributed by atoms with van der Waals surface area (Å²) in [4.78, 5) is 9.54. The fraction of sp³-hybridized carbons (Fsp3) is 0.571. The lowest BCUT2D eigenvalue weighted by Crippen LogP contribution is -2.31. The molecule has 0 bridgehead atoms. The molecule has 6 heteroatoms. The van der Waals surface area contributed by atoms with Crippen molar-refractivity contribution >= 4 is 27.4 Å². The summed E-state index contributed by atoms with van der Waals surface area (Å²) < 4.78 is 5.89. The molecule has 5 nitrogen and oxygen atoms in total. The first-order valence-corrected chi connectivity index (χ1v) is 8.00. The Bertz CT molecular complexity index is 551. The second kappa shape index (κ2) is 6.47. The Labute approximate surface area is 122 Å². The predicted molar refractivity (Wildman–Crippen MR) is 82.1 cm³/mol. The molecular formula is C14H20N4OS. The third-order valence-corrected chi connectivity index (χ3v) is 4.55. The van der Waals surface area contributed by atoms with Crippen molar-refractivity contribution in [2.45, 2.75) is 37.8 Å². The average Bonchev–Trinajstić information content (AvgIpc) is 2.94. The second-order valence-electron chi connectivity index (χ2n) is 5.20. The maximum Gasteiger partial charge on any atom is 0.138 e. The number of aromatic nitrogens is 2. The molecule has 0 radical (unpaired) electrons. The van der Waals surface area contributed by atoms with Crippen LogP contribution >= 0.6 is 11.3 Å². The Hall–Kier alpha value is -1.24. The summed E-state index contributed by atoms with van der Waals surface area (Å²) in [7, 11) is 0. The lowest BCUT2D eigenvalue weighted by Gasteiger charge is -2.26. The van der Waals surface area contributed by atoms with E-state index in [-0.39, 0.29) is 0 Å². The van der Waals surface area contributed by atoms with Gasteiger partial charge in [0.1, 0.15) is 17.0 Å². The van der Waals surface area contributed by atoms with Crippen molar-refractivity contribution in [1.82, 2.24) is 9.97 Å². The molecule has 0 spiro atoms. The zero-order valence-electron chi connectivity index (χ0n) is 11.4. The van der Waals surface area contributed by atoms with Crippen molar-refractivity contribution in [1.29, 1.82) is 0 Å². The first-order valence-electron chi connectivity index (χ1n) is 7.12. The molecule has 0 amide bonds. The lowest BCUT2D eigenvalue weighted by molar-refractivity contribution is 0.0313. The number of thiophene rings is 1. The Kier molecular flexibility index (Phi) is 4.44. The minimum absolute atomic E-state index is 0.376. The molecule has 108 valence electrons. The molecule has 0 aromatic carbocycles. The van der Waals surface area contributed by atoms with Crippen LogP contribution in [-0.2, 0) is 4.74 Å². The fourth-order valence-corrected chi connectivity index (χ4v) is 3.31. The number of rotatable bonds is 5. The van der Waals surface area contributed by atoms with Gasteiger partial charge in [0.25, 0.3) is 0 Å². The number of anilines is 1. The Morgan fingerprint density at radius 3 is 3.00 bits per heavy atom. The third kappa shape index (κ3) is 3.26. The molecule has 1 saturated carbocycles. The molecule has 2 aromatic heterocycles. The van der Waals surface area contributed by atoms with Crippen molar-refractivity contribution in [3.63, 3.8) is 0 Å². The van der Waals surface area contributed by atoms with Gasteiger partial charge in [-0.05, 0) is 37.1 Å². The molecule has 20 heavy (non-hydrogen) atoms. The first kappa shape index (κ1) is 13.7. The molecule has 3 rings (SSSR count). The Morgan fingerprint density at radius 2 is 2.15 bits per heavy atom.